The Hall–Kier alpha value is -0.210. The number of alkyl halides is 3. The third-order valence-electron chi connectivity index (χ3n) is 11.5. The van der Waals surface area contributed by atoms with Gasteiger partial charge in [-0.2, -0.15) is 13.2 Å². The highest BCUT2D eigenvalue weighted by Gasteiger charge is 2.73. The van der Waals surface area contributed by atoms with Crippen LogP contribution in [-0.4, -0.2) is 6.18 Å². The van der Waals surface area contributed by atoms with Crippen LogP contribution in [0, 0.1) is 27.6 Å². The summed E-state index contributed by atoms with van der Waals surface area (Å²) in [5.41, 5.74) is -1.31. The van der Waals surface area contributed by atoms with E-state index in [4.69, 9.17) is 0 Å². The van der Waals surface area contributed by atoms with E-state index in [1.807, 2.05) is 0 Å². The Labute approximate surface area is 216 Å². The third-order valence-corrected chi connectivity index (χ3v) is 11.5. The molecule has 3 heteroatoms. The molecule has 206 valence electrons. The molecular formula is C32H57F3. The van der Waals surface area contributed by atoms with Gasteiger partial charge in [0.2, 0.25) is 0 Å². The zero-order valence-corrected chi connectivity index (χ0v) is 23.8. The fourth-order valence-corrected chi connectivity index (χ4v) is 10.4. The van der Waals surface area contributed by atoms with E-state index in [9.17, 15) is 0 Å². The van der Waals surface area contributed by atoms with Crippen LogP contribution in [0.3, 0.4) is 0 Å². The molecule has 0 heterocycles. The molecular weight excluding hydrogens is 441 g/mol. The van der Waals surface area contributed by atoms with Gasteiger partial charge in [0.25, 0.3) is 0 Å². The highest BCUT2D eigenvalue weighted by Crippen LogP contribution is 2.77. The zero-order valence-electron chi connectivity index (χ0n) is 23.8. The van der Waals surface area contributed by atoms with Crippen LogP contribution in [0.5, 0.6) is 0 Å². The zero-order chi connectivity index (χ0) is 25.6. The van der Waals surface area contributed by atoms with Gasteiger partial charge in [0, 0.05) is 0 Å². The van der Waals surface area contributed by atoms with E-state index < -0.39 is 17.5 Å². The van der Waals surface area contributed by atoms with E-state index >= 15 is 13.2 Å². The molecule has 0 spiro atoms. The maximum Gasteiger partial charge on any atom is 0.392 e. The quantitative estimate of drug-likeness (QED) is 0.248. The molecule has 0 aliphatic heterocycles. The van der Waals surface area contributed by atoms with Crippen LogP contribution in [0.1, 0.15) is 169 Å². The Balaban J connectivity index is 2.14. The van der Waals surface area contributed by atoms with Gasteiger partial charge in [-0.1, -0.05) is 124 Å². The number of hydrogen-bond donors (Lipinski definition) is 0. The second kappa shape index (κ2) is 12.1. The molecule has 0 aromatic rings. The SMILES string of the molecule is CCCCCCCCC(C(F)(F)F)C(C1(C)CCCCC1)(C1(C)CCCCC1)C1(C)CCCCC1. The van der Waals surface area contributed by atoms with Crippen molar-refractivity contribution >= 4 is 0 Å². The van der Waals surface area contributed by atoms with E-state index in [0.717, 1.165) is 96.3 Å². The number of rotatable bonds is 11. The summed E-state index contributed by atoms with van der Waals surface area (Å²) in [4.78, 5) is 0. The smallest absolute Gasteiger partial charge is 0.171 e. The maximum atomic E-state index is 15.6. The Morgan fingerprint density at radius 3 is 1.23 bits per heavy atom. The van der Waals surface area contributed by atoms with Gasteiger partial charge in [0.1, 0.15) is 0 Å². The first-order valence-corrected chi connectivity index (χ1v) is 15.6. The van der Waals surface area contributed by atoms with Crippen molar-refractivity contribution in [3.63, 3.8) is 0 Å². The normalized spacial score (nSPS) is 25.8. The first-order chi connectivity index (χ1) is 16.6. The minimum absolute atomic E-state index is 0.216. The maximum absolute atomic E-state index is 15.6. The summed E-state index contributed by atoms with van der Waals surface area (Å²) >= 11 is 0. The molecule has 0 bridgehead atoms. The standard InChI is InChI=1S/C32H57F3/c1-5-6-7-8-9-13-20-27(32(33,34)35)31(28(2)21-14-10-15-22-28,29(3)23-16-11-17-24-29)30(4)25-18-12-19-26-30/h27H,5-26H2,1-4H3. The van der Waals surface area contributed by atoms with E-state index in [1.54, 1.807) is 0 Å². The van der Waals surface area contributed by atoms with Crippen LogP contribution >= 0.6 is 0 Å². The molecule has 0 radical (unpaired) electrons. The topological polar surface area (TPSA) is 0 Å². The molecule has 3 aliphatic rings. The van der Waals surface area contributed by atoms with Crippen LogP contribution in [0.4, 0.5) is 13.2 Å². The lowest BCUT2D eigenvalue weighted by atomic mass is 9.32. The lowest BCUT2D eigenvalue weighted by Gasteiger charge is -2.72. The molecule has 3 aliphatic carbocycles. The summed E-state index contributed by atoms with van der Waals surface area (Å²) in [6.07, 6.45) is 18.9. The van der Waals surface area contributed by atoms with Crippen LogP contribution < -0.4 is 0 Å². The average Bonchev–Trinajstić information content (AvgIpc) is 2.81. The molecule has 3 fully saturated rings. The van der Waals surface area contributed by atoms with E-state index in [1.165, 1.54) is 38.5 Å². The van der Waals surface area contributed by atoms with Crippen molar-refractivity contribution in [3.05, 3.63) is 0 Å². The van der Waals surface area contributed by atoms with Gasteiger partial charge in [-0.3, -0.25) is 0 Å². The molecule has 0 aromatic carbocycles. The lowest BCUT2D eigenvalue weighted by Crippen LogP contribution is -2.67. The third kappa shape index (κ3) is 5.79. The van der Waals surface area contributed by atoms with Crippen molar-refractivity contribution in [3.8, 4) is 0 Å². The van der Waals surface area contributed by atoms with Crippen molar-refractivity contribution in [2.24, 2.45) is 27.6 Å². The number of hydrogen-bond acceptors (Lipinski definition) is 0. The van der Waals surface area contributed by atoms with E-state index in [0.29, 0.717) is 6.42 Å². The summed E-state index contributed by atoms with van der Waals surface area (Å²) in [7, 11) is 0. The van der Waals surface area contributed by atoms with Crippen LogP contribution in [0.2, 0.25) is 0 Å². The van der Waals surface area contributed by atoms with E-state index in [2.05, 4.69) is 27.7 Å². The molecule has 0 N–H and O–H groups in total. The minimum Gasteiger partial charge on any atom is -0.171 e. The minimum atomic E-state index is -4.12. The fraction of sp³-hybridized carbons (Fsp3) is 1.00. The van der Waals surface area contributed by atoms with Crippen LogP contribution in [0.15, 0.2) is 0 Å². The Kier molecular flexibility index (Phi) is 10.1. The number of halogens is 3. The predicted octanol–water partition coefficient (Wildman–Crippen LogP) is 11.8. The highest BCUT2D eigenvalue weighted by atomic mass is 19.4. The van der Waals surface area contributed by atoms with Crippen LogP contribution in [-0.2, 0) is 0 Å². The Morgan fingerprint density at radius 1 is 0.543 bits per heavy atom. The van der Waals surface area contributed by atoms with Gasteiger partial charge in [-0.25, -0.2) is 0 Å². The Bertz CT molecular complexity index is 555. The highest BCUT2D eigenvalue weighted by molar-refractivity contribution is 5.17. The summed E-state index contributed by atoms with van der Waals surface area (Å²) in [6.45, 7) is 9.26. The predicted molar refractivity (Wildman–Crippen MR) is 144 cm³/mol. The lowest BCUT2D eigenvalue weighted by molar-refractivity contribution is -0.312. The van der Waals surface area contributed by atoms with Gasteiger partial charge >= 0.3 is 6.18 Å². The molecule has 0 saturated heterocycles. The van der Waals surface area contributed by atoms with Gasteiger partial charge < -0.3 is 0 Å². The van der Waals surface area contributed by atoms with Gasteiger partial charge in [-0.15, -0.1) is 0 Å². The molecule has 0 nitrogen and oxygen atoms in total. The molecule has 35 heavy (non-hydrogen) atoms. The molecule has 0 aromatic heterocycles. The second-order valence-electron chi connectivity index (χ2n) is 13.8. The number of unbranched alkanes of at least 4 members (excludes halogenated alkanes) is 5. The van der Waals surface area contributed by atoms with Crippen molar-refractivity contribution in [1.29, 1.82) is 0 Å². The summed E-state index contributed by atoms with van der Waals surface area (Å²) in [6, 6.07) is 0. The summed E-state index contributed by atoms with van der Waals surface area (Å²) in [5, 5.41) is 0. The summed E-state index contributed by atoms with van der Waals surface area (Å²) in [5.74, 6) is -1.16. The van der Waals surface area contributed by atoms with Gasteiger partial charge in [0.05, 0.1) is 5.92 Å². The molecule has 3 rings (SSSR count). The fourth-order valence-electron chi connectivity index (χ4n) is 10.4. The molecule has 1 unspecified atom stereocenters. The molecule has 1 atom stereocenters. The monoisotopic (exact) mass is 498 g/mol. The molecule has 0 amide bonds. The summed E-state index contributed by atoms with van der Waals surface area (Å²) < 4.78 is 46.9. The van der Waals surface area contributed by atoms with Crippen molar-refractivity contribution in [2.75, 3.05) is 0 Å². The largest absolute Gasteiger partial charge is 0.392 e. The first-order valence-electron chi connectivity index (χ1n) is 15.6. The van der Waals surface area contributed by atoms with Gasteiger partial charge in [-0.05, 0) is 66.6 Å². The second-order valence-corrected chi connectivity index (χ2v) is 13.8. The van der Waals surface area contributed by atoms with Crippen molar-refractivity contribution < 1.29 is 13.2 Å². The van der Waals surface area contributed by atoms with Crippen LogP contribution in [0.25, 0.3) is 0 Å². The average molecular weight is 499 g/mol. The Morgan fingerprint density at radius 2 is 0.886 bits per heavy atom. The van der Waals surface area contributed by atoms with Gasteiger partial charge in [0.15, 0.2) is 0 Å². The van der Waals surface area contributed by atoms with E-state index in [-0.39, 0.29) is 16.2 Å². The molecule has 3 saturated carbocycles. The van der Waals surface area contributed by atoms with Crippen molar-refractivity contribution in [2.45, 2.75) is 175 Å². The first kappa shape index (κ1) is 29.3. The van der Waals surface area contributed by atoms with Crippen molar-refractivity contribution in [1.82, 2.24) is 0 Å².